The second-order valence-corrected chi connectivity index (χ2v) is 10.2. The summed E-state index contributed by atoms with van der Waals surface area (Å²) in [6.45, 7) is 1.07. The molecule has 2 heterocycles. The van der Waals surface area contributed by atoms with E-state index in [4.69, 9.17) is 19.7 Å². The lowest BCUT2D eigenvalue weighted by molar-refractivity contribution is -0.148. The molecule has 42 heavy (non-hydrogen) atoms. The predicted molar refractivity (Wildman–Crippen MR) is 148 cm³/mol. The lowest BCUT2D eigenvalue weighted by atomic mass is 9.81. The number of halogens is 2. The normalized spacial score (nSPS) is 13.2. The molecule has 0 unspecified atom stereocenters. The van der Waals surface area contributed by atoms with Crippen LogP contribution in [0.3, 0.4) is 0 Å². The second kappa shape index (κ2) is 12.3. The zero-order chi connectivity index (χ0) is 29.7. The maximum absolute atomic E-state index is 15.5. The van der Waals surface area contributed by atoms with Gasteiger partial charge in [-0.1, -0.05) is 31.2 Å². The van der Waals surface area contributed by atoms with Crippen molar-refractivity contribution in [3.63, 3.8) is 0 Å². The van der Waals surface area contributed by atoms with Gasteiger partial charge in [-0.25, -0.2) is 28.2 Å². The number of phenols is 1. The summed E-state index contributed by atoms with van der Waals surface area (Å²) >= 11 is 1.31. The van der Waals surface area contributed by atoms with E-state index in [0.717, 1.165) is 17.7 Å². The minimum absolute atomic E-state index is 0.00423. The van der Waals surface area contributed by atoms with Gasteiger partial charge in [-0.3, -0.25) is 0 Å². The smallest absolute Gasteiger partial charge is 0.340 e. The lowest BCUT2D eigenvalue weighted by Crippen LogP contribution is -2.42. The van der Waals surface area contributed by atoms with Crippen LogP contribution in [0, 0.1) is 23.0 Å². The van der Waals surface area contributed by atoms with Crippen molar-refractivity contribution in [2.45, 2.75) is 25.0 Å². The third kappa shape index (κ3) is 6.02. The van der Waals surface area contributed by atoms with Crippen LogP contribution in [-0.2, 0) is 21.6 Å². The highest BCUT2D eigenvalue weighted by Crippen LogP contribution is 2.44. The van der Waals surface area contributed by atoms with Crippen molar-refractivity contribution >= 4 is 17.3 Å². The van der Waals surface area contributed by atoms with Gasteiger partial charge >= 0.3 is 5.97 Å². The molecule has 0 aliphatic carbocycles. The van der Waals surface area contributed by atoms with E-state index in [9.17, 15) is 14.3 Å². The standard InChI is InChI=1S/C30H23F2N5O4S/c1-19(28-36-27(14-42-28)21-7-5-20(13-33)6-8-21)30(15-37-17-34-16-35-37,25-10-9-23(31)12-26(25)32)41-18-40-29(39)22-3-2-4-24(38)11-22/h2-12,14,16-17,19,38H,15,18H2,1H3/t19-,30+/m0/s1. The van der Waals surface area contributed by atoms with Gasteiger partial charge in [0.05, 0.1) is 34.4 Å². The Hall–Kier alpha value is -4.99. The van der Waals surface area contributed by atoms with E-state index in [0.29, 0.717) is 16.3 Å². The van der Waals surface area contributed by atoms with Gasteiger partial charge in [-0.05, 0) is 36.4 Å². The number of carbonyl (C=O) groups is 1. The van der Waals surface area contributed by atoms with Crippen LogP contribution >= 0.6 is 11.3 Å². The fourth-order valence-electron chi connectivity index (χ4n) is 4.53. The van der Waals surface area contributed by atoms with E-state index < -0.39 is 35.9 Å². The number of phenolic OH excluding ortho intramolecular Hbond substituents is 1. The maximum Gasteiger partial charge on any atom is 0.340 e. The Bertz CT molecular complexity index is 1740. The summed E-state index contributed by atoms with van der Waals surface area (Å²) in [6, 6.07) is 17.8. The van der Waals surface area contributed by atoms with Gasteiger partial charge in [0.2, 0.25) is 0 Å². The zero-order valence-corrected chi connectivity index (χ0v) is 23.0. The van der Waals surface area contributed by atoms with E-state index in [1.807, 2.05) is 5.38 Å². The molecule has 5 aromatic rings. The summed E-state index contributed by atoms with van der Waals surface area (Å²) in [6.07, 6.45) is 2.74. The van der Waals surface area contributed by atoms with Crippen LogP contribution in [0.5, 0.6) is 5.75 Å². The molecule has 1 N–H and O–H groups in total. The number of rotatable bonds is 10. The van der Waals surface area contributed by atoms with E-state index in [1.165, 1.54) is 59.0 Å². The van der Waals surface area contributed by atoms with Gasteiger partial charge in [0.15, 0.2) is 6.79 Å². The van der Waals surface area contributed by atoms with Gasteiger partial charge in [0, 0.05) is 28.5 Å². The highest BCUT2D eigenvalue weighted by Gasteiger charge is 2.45. The van der Waals surface area contributed by atoms with Crippen molar-refractivity contribution < 1.29 is 28.2 Å². The fraction of sp³-hybridized carbons (Fsp3) is 0.167. The Balaban J connectivity index is 1.53. The van der Waals surface area contributed by atoms with Crippen LogP contribution in [0.25, 0.3) is 11.3 Å². The van der Waals surface area contributed by atoms with Crippen molar-refractivity contribution in [3.8, 4) is 23.1 Å². The highest BCUT2D eigenvalue weighted by molar-refractivity contribution is 7.10. The van der Waals surface area contributed by atoms with Crippen molar-refractivity contribution in [1.29, 1.82) is 5.26 Å². The number of hydrogen-bond acceptors (Lipinski definition) is 9. The number of aromatic nitrogens is 4. The number of ether oxygens (including phenoxy) is 2. The molecule has 12 heteroatoms. The Morgan fingerprint density at radius 3 is 2.67 bits per heavy atom. The third-order valence-corrected chi connectivity index (χ3v) is 7.77. The quantitative estimate of drug-likeness (QED) is 0.161. The van der Waals surface area contributed by atoms with Gasteiger partial charge in [-0.2, -0.15) is 10.4 Å². The summed E-state index contributed by atoms with van der Waals surface area (Å²) in [5.74, 6) is -3.21. The number of nitriles is 1. The van der Waals surface area contributed by atoms with Crippen LogP contribution in [0.2, 0.25) is 0 Å². The Morgan fingerprint density at radius 1 is 1.17 bits per heavy atom. The molecule has 0 radical (unpaired) electrons. The zero-order valence-electron chi connectivity index (χ0n) is 22.1. The Labute approximate surface area is 243 Å². The first-order valence-electron chi connectivity index (χ1n) is 12.6. The first-order valence-corrected chi connectivity index (χ1v) is 13.5. The Kier molecular flexibility index (Phi) is 8.33. The van der Waals surface area contributed by atoms with E-state index >= 15 is 4.39 Å². The summed E-state index contributed by atoms with van der Waals surface area (Å²) in [5.41, 5.74) is 0.402. The molecular formula is C30H23F2N5O4S. The van der Waals surface area contributed by atoms with E-state index in [1.54, 1.807) is 31.2 Å². The number of thiazole rings is 1. The van der Waals surface area contributed by atoms with Crippen LogP contribution in [0.4, 0.5) is 8.78 Å². The first kappa shape index (κ1) is 28.5. The molecule has 2 aromatic heterocycles. The molecule has 0 spiro atoms. The SMILES string of the molecule is C[C@@H](c1nc(-c2ccc(C#N)cc2)cs1)[C@@](Cn1cncn1)(OCOC(=O)c1cccc(O)c1)c1ccc(F)cc1F. The molecular weight excluding hydrogens is 564 g/mol. The predicted octanol–water partition coefficient (Wildman–Crippen LogP) is 5.79. The van der Waals surface area contributed by atoms with Crippen LogP contribution in [0.1, 0.15) is 39.3 Å². The number of hydrogen-bond donors (Lipinski definition) is 1. The molecule has 0 saturated carbocycles. The van der Waals surface area contributed by atoms with Gasteiger partial charge in [0.25, 0.3) is 0 Å². The minimum Gasteiger partial charge on any atom is -0.508 e. The number of carbonyl (C=O) groups excluding carboxylic acids is 1. The molecule has 5 rings (SSSR count). The van der Waals surface area contributed by atoms with Gasteiger partial charge in [-0.15, -0.1) is 11.3 Å². The molecule has 0 saturated heterocycles. The minimum atomic E-state index is -1.61. The maximum atomic E-state index is 15.5. The third-order valence-electron chi connectivity index (χ3n) is 6.74. The molecule has 0 fully saturated rings. The number of nitrogens with zero attached hydrogens (tertiary/aromatic N) is 5. The summed E-state index contributed by atoms with van der Waals surface area (Å²) in [5, 5.41) is 25.4. The van der Waals surface area contributed by atoms with E-state index in [-0.39, 0.29) is 23.4 Å². The average Bonchev–Trinajstić information content (AvgIpc) is 3.69. The summed E-state index contributed by atoms with van der Waals surface area (Å²) in [7, 11) is 0. The monoisotopic (exact) mass is 587 g/mol. The lowest BCUT2D eigenvalue weighted by Gasteiger charge is -2.38. The average molecular weight is 588 g/mol. The van der Waals surface area contributed by atoms with Crippen LogP contribution in [-0.4, -0.2) is 37.6 Å². The number of benzene rings is 3. The van der Waals surface area contributed by atoms with Crippen LogP contribution in [0.15, 0.2) is 84.8 Å². The summed E-state index contributed by atoms with van der Waals surface area (Å²) < 4.78 is 42.6. The van der Waals surface area contributed by atoms with Crippen molar-refractivity contribution in [1.82, 2.24) is 19.7 Å². The largest absolute Gasteiger partial charge is 0.508 e. The number of esters is 1. The summed E-state index contributed by atoms with van der Waals surface area (Å²) in [4.78, 5) is 21.5. The van der Waals surface area contributed by atoms with E-state index in [2.05, 4.69) is 16.2 Å². The van der Waals surface area contributed by atoms with Crippen molar-refractivity contribution in [2.24, 2.45) is 0 Å². The van der Waals surface area contributed by atoms with Crippen molar-refractivity contribution in [2.75, 3.05) is 6.79 Å². The molecule has 0 amide bonds. The molecule has 212 valence electrons. The molecule has 9 nitrogen and oxygen atoms in total. The topological polar surface area (TPSA) is 123 Å². The first-order chi connectivity index (χ1) is 20.3. The molecule has 0 aliphatic rings. The highest BCUT2D eigenvalue weighted by atomic mass is 32.1. The van der Waals surface area contributed by atoms with Gasteiger partial charge < -0.3 is 14.6 Å². The van der Waals surface area contributed by atoms with Crippen LogP contribution < -0.4 is 0 Å². The fourth-order valence-corrected chi connectivity index (χ4v) is 5.50. The number of aromatic hydroxyl groups is 1. The molecule has 0 aliphatic heterocycles. The Morgan fingerprint density at radius 2 is 1.98 bits per heavy atom. The molecule has 0 bridgehead atoms. The molecule has 2 atom stereocenters. The second-order valence-electron chi connectivity index (χ2n) is 9.33. The van der Waals surface area contributed by atoms with Crippen molar-refractivity contribution in [3.05, 3.63) is 118 Å². The molecule has 3 aromatic carbocycles. The van der Waals surface area contributed by atoms with Gasteiger partial charge in [0.1, 0.15) is 35.6 Å².